The van der Waals surface area contributed by atoms with Crippen LogP contribution in [-0.4, -0.2) is 20.2 Å². The molecule has 0 saturated heterocycles. The SMILES string of the molecule is Clc1cccc(Cl)c1CSc1nnnn1Cc1cccs1. The number of hydrogen-bond donors (Lipinski definition) is 0. The van der Waals surface area contributed by atoms with Crippen LogP contribution < -0.4 is 0 Å². The summed E-state index contributed by atoms with van der Waals surface area (Å²) < 4.78 is 1.78. The van der Waals surface area contributed by atoms with E-state index in [1.54, 1.807) is 16.0 Å². The second kappa shape index (κ2) is 6.79. The summed E-state index contributed by atoms with van der Waals surface area (Å²) >= 11 is 15.5. The molecule has 0 N–H and O–H groups in total. The molecule has 0 aliphatic rings. The number of thiophene rings is 1. The van der Waals surface area contributed by atoms with E-state index in [1.807, 2.05) is 29.6 Å². The summed E-state index contributed by atoms with van der Waals surface area (Å²) in [7, 11) is 0. The maximum absolute atomic E-state index is 6.17. The highest BCUT2D eigenvalue weighted by Gasteiger charge is 2.11. The van der Waals surface area contributed by atoms with Crippen LogP contribution in [0.25, 0.3) is 0 Å². The zero-order valence-corrected chi connectivity index (χ0v) is 13.9. The predicted octanol–water partition coefficient (Wildman–Crippen LogP) is 4.38. The quantitative estimate of drug-likeness (QED) is 0.636. The summed E-state index contributed by atoms with van der Waals surface area (Å²) in [4.78, 5) is 1.21. The molecule has 0 atom stereocenters. The molecule has 0 fully saturated rings. The van der Waals surface area contributed by atoms with E-state index >= 15 is 0 Å². The smallest absolute Gasteiger partial charge is 0.209 e. The number of benzene rings is 1. The highest BCUT2D eigenvalue weighted by atomic mass is 35.5. The standard InChI is InChI=1S/C13H10Cl2N4S2/c14-11-4-1-5-12(15)10(11)8-21-13-16-17-18-19(13)7-9-3-2-6-20-9/h1-6H,7-8H2. The molecule has 8 heteroatoms. The van der Waals surface area contributed by atoms with Gasteiger partial charge in [0.25, 0.3) is 0 Å². The lowest BCUT2D eigenvalue weighted by Gasteiger charge is -2.06. The van der Waals surface area contributed by atoms with E-state index in [0.717, 1.165) is 10.7 Å². The Bertz CT molecular complexity index is 707. The topological polar surface area (TPSA) is 43.6 Å². The van der Waals surface area contributed by atoms with Crippen molar-refractivity contribution in [2.24, 2.45) is 0 Å². The van der Waals surface area contributed by atoms with E-state index in [-0.39, 0.29) is 0 Å². The van der Waals surface area contributed by atoms with E-state index in [9.17, 15) is 0 Å². The Hall–Kier alpha value is -1.08. The first kappa shape index (κ1) is 14.8. The van der Waals surface area contributed by atoms with Crippen LogP contribution in [0.1, 0.15) is 10.4 Å². The number of hydrogen-bond acceptors (Lipinski definition) is 5. The van der Waals surface area contributed by atoms with Gasteiger partial charge < -0.3 is 0 Å². The van der Waals surface area contributed by atoms with E-state index in [1.165, 1.54) is 16.6 Å². The monoisotopic (exact) mass is 356 g/mol. The van der Waals surface area contributed by atoms with Gasteiger partial charge in [0.05, 0.1) is 6.54 Å². The Morgan fingerprint density at radius 3 is 2.67 bits per heavy atom. The highest BCUT2D eigenvalue weighted by Crippen LogP contribution is 2.30. The van der Waals surface area contributed by atoms with E-state index in [2.05, 4.69) is 21.6 Å². The molecule has 3 rings (SSSR count). The zero-order chi connectivity index (χ0) is 14.7. The molecule has 0 aliphatic carbocycles. The molecule has 3 aromatic rings. The predicted molar refractivity (Wildman–Crippen MR) is 87.3 cm³/mol. The lowest BCUT2D eigenvalue weighted by molar-refractivity contribution is 0.608. The van der Waals surface area contributed by atoms with Crippen molar-refractivity contribution in [3.05, 3.63) is 56.2 Å². The summed E-state index contributed by atoms with van der Waals surface area (Å²) in [5, 5.41) is 15.9. The van der Waals surface area contributed by atoms with Gasteiger partial charge >= 0.3 is 0 Å². The summed E-state index contributed by atoms with van der Waals surface area (Å²) in [5.74, 6) is 0.628. The van der Waals surface area contributed by atoms with Crippen molar-refractivity contribution in [2.45, 2.75) is 17.5 Å². The van der Waals surface area contributed by atoms with Crippen molar-refractivity contribution in [2.75, 3.05) is 0 Å². The summed E-state index contributed by atoms with van der Waals surface area (Å²) in [6.07, 6.45) is 0. The third-order valence-corrected chi connectivity index (χ3v) is 5.35. The molecule has 0 saturated carbocycles. The molecule has 0 radical (unpaired) electrons. The molecule has 108 valence electrons. The number of aromatic nitrogens is 4. The molecule has 0 unspecified atom stereocenters. The Balaban J connectivity index is 1.73. The lowest BCUT2D eigenvalue weighted by Crippen LogP contribution is -2.02. The second-order valence-electron chi connectivity index (χ2n) is 4.19. The Morgan fingerprint density at radius 2 is 1.95 bits per heavy atom. The summed E-state index contributed by atoms with van der Waals surface area (Å²) in [6.45, 7) is 0.670. The Morgan fingerprint density at radius 1 is 1.14 bits per heavy atom. The average Bonchev–Trinajstić information content (AvgIpc) is 3.11. The molecular weight excluding hydrogens is 347 g/mol. The van der Waals surface area contributed by atoms with Crippen LogP contribution in [0.4, 0.5) is 0 Å². The van der Waals surface area contributed by atoms with E-state index in [4.69, 9.17) is 23.2 Å². The molecule has 1 aromatic carbocycles. The van der Waals surface area contributed by atoms with Crippen molar-refractivity contribution >= 4 is 46.3 Å². The Kier molecular flexibility index (Phi) is 4.80. The van der Waals surface area contributed by atoms with Crippen LogP contribution in [0, 0.1) is 0 Å². The van der Waals surface area contributed by atoms with Crippen molar-refractivity contribution in [1.29, 1.82) is 0 Å². The maximum atomic E-state index is 6.17. The second-order valence-corrected chi connectivity index (χ2v) is 6.98. The van der Waals surface area contributed by atoms with Crippen LogP contribution >= 0.6 is 46.3 Å². The minimum atomic E-state index is 0.628. The number of halogens is 2. The van der Waals surface area contributed by atoms with Gasteiger partial charge in [-0.1, -0.05) is 47.1 Å². The minimum Gasteiger partial charge on any atom is -0.215 e. The molecule has 0 amide bonds. The number of rotatable bonds is 5. The van der Waals surface area contributed by atoms with Crippen molar-refractivity contribution < 1.29 is 0 Å². The van der Waals surface area contributed by atoms with Crippen LogP contribution in [0.2, 0.25) is 10.0 Å². The first-order valence-corrected chi connectivity index (χ1v) is 8.70. The van der Waals surface area contributed by atoms with Crippen molar-refractivity contribution in [3.63, 3.8) is 0 Å². The summed E-state index contributed by atoms with van der Waals surface area (Å²) in [6, 6.07) is 9.57. The first-order chi connectivity index (χ1) is 10.2. The third-order valence-electron chi connectivity index (χ3n) is 2.79. The number of nitrogens with zero attached hydrogens (tertiary/aromatic N) is 4. The molecule has 0 spiro atoms. The van der Waals surface area contributed by atoms with Gasteiger partial charge in [-0.3, -0.25) is 0 Å². The molecule has 2 aromatic heterocycles. The highest BCUT2D eigenvalue weighted by molar-refractivity contribution is 7.98. The number of thioether (sulfide) groups is 1. The third kappa shape index (κ3) is 3.58. The molecule has 0 aliphatic heterocycles. The van der Waals surface area contributed by atoms with Gasteiger partial charge in [0.1, 0.15) is 0 Å². The number of tetrazole rings is 1. The molecule has 4 nitrogen and oxygen atoms in total. The zero-order valence-electron chi connectivity index (χ0n) is 10.7. The van der Waals surface area contributed by atoms with Gasteiger partial charge in [-0.05, 0) is 39.6 Å². The van der Waals surface area contributed by atoms with Crippen LogP contribution in [-0.2, 0) is 12.3 Å². The van der Waals surface area contributed by atoms with Crippen LogP contribution in [0.5, 0.6) is 0 Å². The molecule has 2 heterocycles. The van der Waals surface area contributed by atoms with Gasteiger partial charge in [-0.2, -0.15) is 0 Å². The van der Waals surface area contributed by atoms with Crippen LogP contribution in [0.15, 0.2) is 40.9 Å². The fraction of sp³-hybridized carbons (Fsp3) is 0.154. The van der Waals surface area contributed by atoms with Crippen LogP contribution in [0.3, 0.4) is 0 Å². The Labute approximate surface area is 140 Å². The van der Waals surface area contributed by atoms with Gasteiger partial charge in [0.2, 0.25) is 5.16 Å². The molecule has 0 bridgehead atoms. The summed E-state index contributed by atoms with van der Waals surface area (Å²) in [5.41, 5.74) is 0.900. The first-order valence-electron chi connectivity index (χ1n) is 6.08. The van der Waals surface area contributed by atoms with Gasteiger partial charge in [0.15, 0.2) is 0 Å². The van der Waals surface area contributed by atoms with E-state index < -0.39 is 0 Å². The van der Waals surface area contributed by atoms with Crippen molar-refractivity contribution in [3.8, 4) is 0 Å². The lowest BCUT2D eigenvalue weighted by atomic mass is 10.2. The fourth-order valence-corrected chi connectivity index (χ4v) is 4.06. The normalized spacial score (nSPS) is 11.0. The van der Waals surface area contributed by atoms with Crippen molar-refractivity contribution in [1.82, 2.24) is 20.2 Å². The minimum absolute atomic E-state index is 0.628. The largest absolute Gasteiger partial charge is 0.215 e. The maximum Gasteiger partial charge on any atom is 0.209 e. The molecular formula is C13H10Cl2N4S2. The van der Waals surface area contributed by atoms with Gasteiger partial charge in [0, 0.05) is 20.7 Å². The van der Waals surface area contributed by atoms with Gasteiger partial charge in [-0.25, -0.2) is 4.68 Å². The molecule has 21 heavy (non-hydrogen) atoms. The fourth-order valence-electron chi connectivity index (χ4n) is 1.76. The van der Waals surface area contributed by atoms with E-state index in [0.29, 0.717) is 22.3 Å². The van der Waals surface area contributed by atoms with Gasteiger partial charge in [-0.15, -0.1) is 16.4 Å². The average molecular weight is 357 g/mol.